The first kappa shape index (κ1) is 42.2. The number of likely N-dealkylation sites (N-methyl/N-ethyl adjacent to an activating group) is 1. The third-order valence-electron chi connectivity index (χ3n) is 8.30. The summed E-state index contributed by atoms with van der Waals surface area (Å²) in [5.41, 5.74) is 5.56. The topological polar surface area (TPSA) is 153 Å². The van der Waals surface area contributed by atoms with Crippen LogP contribution >= 0.6 is 7.82 Å². The largest absolute Gasteiger partial charge is 0.472 e. The van der Waals surface area contributed by atoms with Gasteiger partial charge < -0.3 is 34.6 Å². The first-order valence-electron chi connectivity index (χ1n) is 17.4. The molecule has 2 rings (SSSR count). The fourth-order valence-electron chi connectivity index (χ4n) is 5.37. The Morgan fingerprint density at radius 1 is 0.979 bits per heavy atom. The number of aliphatic imine (C=N–C) groups is 1. The van der Waals surface area contributed by atoms with Crippen molar-refractivity contribution in [1.29, 1.82) is 0 Å². The Bertz CT molecular complexity index is 1090. The van der Waals surface area contributed by atoms with Crippen LogP contribution in [0.5, 0.6) is 0 Å². The van der Waals surface area contributed by atoms with Gasteiger partial charge in [0.15, 0.2) is 6.10 Å². The predicted molar refractivity (Wildman–Crippen MR) is 181 cm³/mol. The molecule has 0 spiro atoms. The minimum Gasteiger partial charge on any atom is -0.463 e. The molecule has 2 heterocycles. The van der Waals surface area contributed by atoms with E-state index >= 15 is 0 Å². The number of nitrogens with two attached hydrogens (primary N) is 1. The molecule has 1 saturated heterocycles. The summed E-state index contributed by atoms with van der Waals surface area (Å²) in [5.74, 6) is -4.06. The molecule has 2 unspecified atom stereocenters. The summed E-state index contributed by atoms with van der Waals surface area (Å²) in [5, 5.41) is 10.1. The third kappa shape index (κ3) is 16.7. The van der Waals surface area contributed by atoms with Crippen molar-refractivity contribution >= 4 is 19.6 Å². The molecular formula is C33H60F2N4O8P+. The van der Waals surface area contributed by atoms with Crippen LogP contribution in [-0.4, -0.2) is 103 Å². The molecule has 2 aliphatic heterocycles. The molecule has 0 bridgehead atoms. The number of alkyl halides is 2. The molecule has 0 saturated carbocycles. The van der Waals surface area contributed by atoms with E-state index in [-0.39, 0.29) is 31.3 Å². The third-order valence-corrected chi connectivity index (χ3v) is 9.32. The maximum atomic E-state index is 14.7. The number of carbonyl (C=O) groups excluding carboxylic acids is 1. The van der Waals surface area contributed by atoms with Crippen molar-refractivity contribution in [2.24, 2.45) is 10.7 Å². The molecule has 0 aromatic rings. The number of aliphatic hydroxyl groups is 1. The van der Waals surface area contributed by atoms with Crippen LogP contribution in [0.15, 0.2) is 29.7 Å². The van der Waals surface area contributed by atoms with Gasteiger partial charge in [-0.1, -0.05) is 90.0 Å². The zero-order valence-corrected chi connectivity index (χ0v) is 30.1. The lowest BCUT2D eigenvalue weighted by molar-refractivity contribution is -0.870. The van der Waals surface area contributed by atoms with Crippen molar-refractivity contribution in [3.05, 3.63) is 24.7 Å². The smallest absolute Gasteiger partial charge is 0.463 e. The Balaban J connectivity index is 1.37. The van der Waals surface area contributed by atoms with E-state index in [1.807, 2.05) is 21.1 Å². The van der Waals surface area contributed by atoms with Gasteiger partial charge in [-0.2, -0.15) is 8.78 Å². The van der Waals surface area contributed by atoms with Crippen molar-refractivity contribution in [1.82, 2.24) is 4.90 Å². The van der Waals surface area contributed by atoms with Gasteiger partial charge in [0, 0.05) is 12.6 Å². The summed E-state index contributed by atoms with van der Waals surface area (Å²) >= 11 is 0. The van der Waals surface area contributed by atoms with E-state index < -0.39 is 44.8 Å². The predicted octanol–water partition coefficient (Wildman–Crippen LogP) is 5.99. The SMILES string of the molecule is C=C1N=C(N)C=CN1[C@@H]1O[C@H](COC(=O)CCCCCCCCCCCCCCCCCOP(=O)(O)OCC[N+](C)(C)C)C(O)C1(F)F. The van der Waals surface area contributed by atoms with Crippen LogP contribution < -0.4 is 5.73 Å². The van der Waals surface area contributed by atoms with Gasteiger partial charge in [0.25, 0.3) is 0 Å². The van der Waals surface area contributed by atoms with Crippen LogP contribution in [0.4, 0.5) is 8.78 Å². The summed E-state index contributed by atoms with van der Waals surface area (Å²) in [4.78, 5) is 26.7. The van der Waals surface area contributed by atoms with Gasteiger partial charge in [-0.25, -0.2) is 9.56 Å². The zero-order valence-electron chi connectivity index (χ0n) is 29.2. The van der Waals surface area contributed by atoms with Crippen molar-refractivity contribution < 1.29 is 51.1 Å². The summed E-state index contributed by atoms with van der Waals surface area (Å²) < 4.78 is 62.5. The number of esters is 1. The van der Waals surface area contributed by atoms with E-state index in [1.54, 1.807) is 0 Å². The number of ether oxygens (including phenoxy) is 2. The lowest BCUT2D eigenvalue weighted by Gasteiger charge is -2.31. The van der Waals surface area contributed by atoms with E-state index in [1.165, 1.54) is 50.8 Å². The number of nitrogens with zero attached hydrogens (tertiary/aromatic N) is 3. The van der Waals surface area contributed by atoms with Crippen molar-refractivity contribution in [3.8, 4) is 0 Å². The Morgan fingerprint density at radius 2 is 1.48 bits per heavy atom. The molecule has 278 valence electrons. The van der Waals surface area contributed by atoms with E-state index in [0.29, 0.717) is 17.4 Å². The number of hydrogen-bond donors (Lipinski definition) is 3. The normalized spacial score (nSPS) is 22.1. The van der Waals surface area contributed by atoms with Crippen molar-refractivity contribution in [2.75, 3.05) is 47.5 Å². The van der Waals surface area contributed by atoms with Gasteiger partial charge in [-0.3, -0.25) is 13.8 Å². The number of phosphoric acid groups is 1. The standard InChI is InChI=1S/C33H59F2N4O8P/c1-27-37-29(36)21-22-38(27)32-33(34,35)31(41)28(47-32)26-44-30(40)20-18-16-14-12-10-8-6-5-7-9-11-13-15-17-19-24-45-48(42,43)46-25-23-39(2,3)4/h21-22,28,31-32,41H,1,5-20,23-26H2,2-4H3,(H2-,36,37,42,43)/p+1/t28-,31?,32-/m1/s1. The van der Waals surface area contributed by atoms with Gasteiger partial charge in [0.05, 0.1) is 27.7 Å². The van der Waals surface area contributed by atoms with Crippen LogP contribution in [0.1, 0.15) is 103 Å². The molecule has 4 N–H and O–H groups in total. The number of halogens is 2. The summed E-state index contributed by atoms with van der Waals surface area (Å²) in [6.45, 7) is 4.18. The molecule has 4 atom stereocenters. The van der Waals surface area contributed by atoms with Gasteiger partial charge in [0.2, 0.25) is 6.23 Å². The summed E-state index contributed by atoms with van der Waals surface area (Å²) in [7, 11) is 2.02. The second-order valence-corrected chi connectivity index (χ2v) is 15.2. The first-order chi connectivity index (χ1) is 22.6. The average Bonchev–Trinajstić information content (AvgIpc) is 3.22. The van der Waals surface area contributed by atoms with E-state index in [4.69, 9.17) is 24.3 Å². The number of rotatable bonds is 26. The Hall–Kier alpha value is -1.93. The number of hydrogen-bond acceptors (Lipinski definition) is 10. The van der Waals surface area contributed by atoms with Crippen LogP contribution in [-0.2, 0) is 27.9 Å². The molecule has 2 aliphatic rings. The van der Waals surface area contributed by atoms with Gasteiger partial charge >= 0.3 is 19.7 Å². The van der Waals surface area contributed by atoms with E-state index in [9.17, 15) is 28.1 Å². The molecule has 0 aliphatic carbocycles. The highest BCUT2D eigenvalue weighted by molar-refractivity contribution is 7.47. The van der Waals surface area contributed by atoms with Gasteiger partial charge in [-0.15, -0.1) is 0 Å². The number of unbranched alkanes of at least 4 members (excludes halogenated alkanes) is 14. The Labute approximate surface area is 285 Å². The average molecular weight is 710 g/mol. The Morgan fingerprint density at radius 3 is 2.00 bits per heavy atom. The lowest BCUT2D eigenvalue weighted by Crippen LogP contribution is -2.47. The van der Waals surface area contributed by atoms with Crippen LogP contribution in [0.25, 0.3) is 0 Å². The minimum absolute atomic E-state index is 0.0411. The second kappa shape index (κ2) is 21.3. The van der Waals surface area contributed by atoms with Gasteiger partial charge in [0.1, 0.15) is 37.5 Å². The van der Waals surface area contributed by atoms with E-state index in [2.05, 4.69) is 11.6 Å². The van der Waals surface area contributed by atoms with Crippen molar-refractivity contribution in [2.45, 2.75) is 127 Å². The molecule has 0 radical (unpaired) electrons. The van der Waals surface area contributed by atoms with Crippen molar-refractivity contribution in [3.63, 3.8) is 0 Å². The number of aliphatic hydroxyl groups excluding tert-OH is 1. The maximum Gasteiger partial charge on any atom is 0.472 e. The molecule has 0 aromatic heterocycles. The number of phosphoric ester groups is 1. The van der Waals surface area contributed by atoms with Crippen LogP contribution in [0.3, 0.4) is 0 Å². The molecule has 1 fully saturated rings. The lowest BCUT2D eigenvalue weighted by atomic mass is 10.0. The summed E-state index contributed by atoms with van der Waals surface area (Å²) in [6.07, 6.45) is 13.6. The number of amidine groups is 1. The molecule has 15 heteroatoms. The fraction of sp³-hybridized carbons (Fsp3) is 0.818. The minimum atomic E-state index is -3.95. The second-order valence-electron chi connectivity index (χ2n) is 13.7. The molecule has 0 aromatic carbocycles. The summed E-state index contributed by atoms with van der Waals surface area (Å²) in [6, 6.07) is 0. The highest BCUT2D eigenvalue weighted by atomic mass is 31.2. The molecule has 0 amide bonds. The molecule has 12 nitrogen and oxygen atoms in total. The van der Waals surface area contributed by atoms with Crippen LogP contribution in [0, 0.1) is 0 Å². The number of quaternary nitrogens is 1. The molecule has 48 heavy (non-hydrogen) atoms. The highest BCUT2D eigenvalue weighted by Crippen LogP contribution is 2.43. The highest BCUT2D eigenvalue weighted by Gasteiger charge is 2.61. The Kier molecular flexibility index (Phi) is 18.8. The van der Waals surface area contributed by atoms with Gasteiger partial charge in [-0.05, 0) is 18.9 Å². The maximum absolute atomic E-state index is 14.7. The monoisotopic (exact) mass is 709 g/mol. The fourth-order valence-corrected chi connectivity index (χ4v) is 6.12. The quantitative estimate of drug-likeness (QED) is 0.0423. The molecular weight excluding hydrogens is 649 g/mol. The van der Waals surface area contributed by atoms with Crippen LogP contribution in [0.2, 0.25) is 0 Å². The van der Waals surface area contributed by atoms with E-state index in [0.717, 1.165) is 56.3 Å². The first-order valence-corrected chi connectivity index (χ1v) is 18.9. The number of carbonyl (C=O) groups is 1. The zero-order chi connectivity index (χ0) is 35.6.